The predicted molar refractivity (Wildman–Crippen MR) is 66.5 cm³/mol. The molecule has 0 unspecified atom stereocenters. The smallest absolute Gasteiger partial charge is 0.171 e. The lowest BCUT2D eigenvalue weighted by Gasteiger charge is -2.54. The lowest BCUT2D eigenvalue weighted by Crippen LogP contribution is -2.54. The molecule has 3 saturated carbocycles. The molecule has 3 aliphatic rings. The Labute approximate surface area is 104 Å². The summed E-state index contributed by atoms with van der Waals surface area (Å²) < 4.78 is 0. The van der Waals surface area contributed by atoms with Crippen molar-refractivity contribution in [3.8, 4) is 0 Å². The van der Waals surface area contributed by atoms with Crippen LogP contribution in [0.1, 0.15) is 59.8 Å². The van der Waals surface area contributed by atoms with E-state index < -0.39 is 5.60 Å². The zero-order valence-electron chi connectivity index (χ0n) is 11.5. The lowest BCUT2D eigenvalue weighted by molar-refractivity contribution is -0.155. The largest absolute Gasteiger partial charge is 0.382 e. The van der Waals surface area contributed by atoms with Crippen LogP contribution in [0, 0.1) is 22.2 Å². The van der Waals surface area contributed by atoms with Crippen LogP contribution in [0.2, 0.25) is 0 Å². The van der Waals surface area contributed by atoms with Gasteiger partial charge in [-0.2, -0.15) is 0 Å². The summed E-state index contributed by atoms with van der Waals surface area (Å²) in [4.78, 5) is 12.8. The van der Waals surface area contributed by atoms with Crippen molar-refractivity contribution in [3.05, 3.63) is 0 Å². The molecule has 3 fully saturated rings. The van der Waals surface area contributed by atoms with Gasteiger partial charge in [0.1, 0.15) is 5.60 Å². The highest BCUT2D eigenvalue weighted by Crippen LogP contribution is 2.77. The van der Waals surface area contributed by atoms with Crippen LogP contribution in [-0.4, -0.2) is 16.5 Å². The Kier molecular flexibility index (Phi) is 1.92. The van der Waals surface area contributed by atoms with E-state index in [2.05, 4.69) is 20.8 Å². The summed E-state index contributed by atoms with van der Waals surface area (Å²) in [6.45, 7) is 8.52. The maximum Gasteiger partial charge on any atom is 0.171 e. The SMILES string of the molecule is CC1(C)CCC[C@]2(C)[C@H]3CC[C@@]12C(=O)[C@]3(C)O. The first-order chi connectivity index (χ1) is 7.70. The van der Waals surface area contributed by atoms with Gasteiger partial charge >= 0.3 is 0 Å². The Bertz CT molecular complexity index is 396. The van der Waals surface area contributed by atoms with E-state index in [1.807, 2.05) is 0 Å². The fourth-order valence-corrected chi connectivity index (χ4v) is 6.04. The van der Waals surface area contributed by atoms with Gasteiger partial charge in [0.2, 0.25) is 0 Å². The van der Waals surface area contributed by atoms with Crippen molar-refractivity contribution in [2.75, 3.05) is 0 Å². The molecule has 0 aliphatic heterocycles. The standard InChI is InChI=1S/C15H24O2/c1-12(2)7-5-8-13(3)10-6-9-15(12,13)11(16)14(10,4)17/h10,17H,5-9H2,1-4H3/t10-,13-,14-,15-/m1/s1. The Balaban J connectivity index is 2.25. The second kappa shape index (κ2) is 2.79. The Morgan fingerprint density at radius 3 is 2.35 bits per heavy atom. The zero-order valence-corrected chi connectivity index (χ0v) is 11.5. The van der Waals surface area contributed by atoms with Gasteiger partial charge in [-0.3, -0.25) is 4.79 Å². The van der Waals surface area contributed by atoms with Crippen LogP contribution >= 0.6 is 0 Å². The normalized spacial score (nSPS) is 56.1. The van der Waals surface area contributed by atoms with E-state index in [-0.39, 0.29) is 27.9 Å². The topological polar surface area (TPSA) is 37.3 Å². The third-order valence-corrected chi connectivity index (χ3v) is 6.73. The maximum absolute atomic E-state index is 12.8. The molecular weight excluding hydrogens is 212 g/mol. The number of hydrogen-bond acceptors (Lipinski definition) is 2. The van der Waals surface area contributed by atoms with E-state index in [1.165, 1.54) is 6.42 Å². The van der Waals surface area contributed by atoms with Gasteiger partial charge < -0.3 is 5.11 Å². The molecule has 2 heteroatoms. The number of carbonyl (C=O) groups excluding carboxylic acids is 1. The first kappa shape index (κ1) is 11.7. The summed E-state index contributed by atoms with van der Waals surface area (Å²) in [7, 11) is 0. The first-order valence-electron chi connectivity index (χ1n) is 6.97. The molecule has 0 aromatic carbocycles. The molecule has 3 rings (SSSR count). The summed E-state index contributed by atoms with van der Waals surface area (Å²) in [5.74, 6) is 0.329. The van der Waals surface area contributed by atoms with Gasteiger partial charge in [0.15, 0.2) is 5.78 Å². The first-order valence-corrected chi connectivity index (χ1v) is 6.97. The number of aliphatic hydroxyl groups is 1. The van der Waals surface area contributed by atoms with Gasteiger partial charge in [-0.1, -0.05) is 27.2 Å². The average molecular weight is 236 g/mol. The van der Waals surface area contributed by atoms with Gasteiger partial charge in [0.25, 0.3) is 0 Å². The molecule has 0 aromatic rings. The summed E-state index contributed by atoms with van der Waals surface area (Å²) in [6, 6.07) is 0. The highest BCUT2D eigenvalue weighted by atomic mass is 16.3. The molecule has 4 atom stereocenters. The van der Waals surface area contributed by atoms with Crippen molar-refractivity contribution in [2.45, 2.75) is 65.4 Å². The van der Waals surface area contributed by atoms with Crippen molar-refractivity contribution in [1.29, 1.82) is 0 Å². The Morgan fingerprint density at radius 1 is 1.12 bits per heavy atom. The van der Waals surface area contributed by atoms with Crippen molar-refractivity contribution in [3.63, 3.8) is 0 Å². The van der Waals surface area contributed by atoms with Crippen LogP contribution in [0.3, 0.4) is 0 Å². The van der Waals surface area contributed by atoms with Crippen molar-refractivity contribution >= 4 is 5.78 Å². The fourth-order valence-electron chi connectivity index (χ4n) is 6.04. The molecule has 1 N–H and O–H groups in total. The van der Waals surface area contributed by atoms with E-state index in [0.717, 1.165) is 25.7 Å². The van der Waals surface area contributed by atoms with Gasteiger partial charge in [0, 0.05) is 11.3 Å². The molecular formula is C15H24O2. The zero-order chi connectivity index (χ0) is 12.7. The van der Waals surface area contributed by atoms with Gasteiger partial charge in [0.05, 0.1) is 0 Å². The molecule has 96 valence electrons. The number of hydrogen-bond donors (Lipinski definition) is 1. The van der Waals surface area contributed by atoms with E-state index in [1.54, 1.807) is 6.92 Å². The van der Waals surface area contributed by atoms with Crippen LogP contribution in [0.4, 0.5) is 0 Å². The summed E-state index contributed by atoms with van der Waals surface area (Å²) in [5, 5.41) is 10.6. The van der Waals surface area contributed by atoms with E-state index in [0.29, 0.717) is 0 Å². The highest BCUT2D eigenvalue weighted by Gasteiger charge is 2.78. The van der Waals surface area contributed by atoms with Crippen LogP contribution < -0.4 is 0 Å². The molecule has 2 bridgehead atoms. The summed E-state index contributed by atoms with van der Waals surface area (Å²) in [6.07, 6.45) is 5.46. The van der Waals surface area contributed by atoms with Crippen molar-refractivity contribution in [2.24, 2.45) is 22.2 Å². The fraction of sp³-hybridized carbons (Fsp3) is 0.933. The third kappa shape index (κ3) is 0.938. The summed E-state index contributed by atoms with van der Waals surface area (Å²) in [5.41, 5.74) is -1.25. The minimum atomic E-state index is -1.07. The van der Waals surface area contributed by atoms with Crippen LogP contribution in [0.5, 0.6) is 0 Å². The summed E-state index contributed by atoms with van der Waals surface area (Å²) >= 11 is 0. The Morgan fingerprint density at radius 2 is 1.76 bits per heavy atom. The number of rotatable bonds is 0. The highest BCUT2D eigenvalue weighted by molar-refractivity contribution is 5.98. The monoisotopic (exact) mass is 236 g/mol. The minimum absolute atomic E-state index is 0.0370. The van der Waals surface area contributed by atoms with E-state index in [4.69, 9.17) is 0 Å². The quantitative estimate of drug-likeness (QED) is 0.702. The third-order valence-electron chi connectivity index (χ3n) is 6.73. The molecule has 17 heavy (non-hydrogen) atoms. The molecule has 3 aliphatic carbocycles. The van der Waals surface area contributed by atoms with Gasteiger partial charge in [-0.05, 0) is 43.4 Å². The average Bonchev–Trinajstić information content (AvgIpc) is 2.56. The predicted octanol–water partition coefficient (Wildman–Crippen LogP) is 2.93. The van der Waals surface area contributed by atoms with Gasteiger partial charge in [-0.25, -0.2) is 0 Å². The van der Waals surface area contributed by atoms with Gasteiger partial charge in [-0.15, -0.1) is 0 Å². The second-order valence-corrected chi connectivity index (χ2v) is 7.63. The molecule has 0 heterocycles. The lowest BCUT2D eigenvalue weighted by atomic mass is 9.48. The number of Topliss-reactive ketones (excluding diaryl/α,β-unsaturated/α-hetero) is 1. The van der Waals surface area contributed by atoms with Crippen LogP contribution in [-0.2, 0) is 4.79 Å². The second-order valence-electron chi connectivity index (χ2n) is 7.63. The number of carbonyl (C=O) groups is 1. The maximum atomic E-state index is 12.8. The van der Waals surface area contributed by atoms with Crippen LogP contribution in [0.25, 0.3) is 0 Å². The molecule has 0 radical (unpaired) electrons. The van der Waals surface area contributed by atoms with Crippen molar-refractivity contribution in [1.82, 2.24) is 0 Å². The molecule has 0 amide bonds. The van der Waals surface area contributed by atoms with E-state index in [9.17, 15) is 9.90 Å². The Hall–Kier alpha value is -0.370. The molecule has 0 aromatic heterocycles. The molecule has 0 saturated heterocycles. The minimum Gasteiger partial charge on any atom is -0.382 e. The molecule has 2 nitrogen and oxygen atoms in total. The number of ketones is 1. The molecule has 0 spiro atoms. The van der Waals surface area contributed by atoms with Crippen LogP contribution in [0.15, 0.2) is 0 Å². The van der Waals surface area contributed by atoms with Crippen molar-refractivity contribution < 1.29 is 9.90 Å². The van der Waals surface area contributed by atoms with E-state index >= 15 is 0 Å².